The number of ketones is 1. The Morgan fingerprint density at radius 2 is 1.68 bits per heavy atom. The van der Waals surface area contributed by atoms with E-state index in [0.717, 1.165) is 5.56 Å². The summed E-state index contributed by atoms with van der Waals surface area (Å²) in [6, 6.07) is 9.71. The molecule has 8 nitrogen and oxygen atoms in total. The molecule has 0 fully saturated rings. The first-order chi connectivity index (χ1) is 13.3. The van der Waals surface area contributed by atoms with Gasteiger partial charge in [-0.15, -0.1) is 0 Å². The van der Waals surface area contributed by atoms with Gasteiger partial charge in [-0.2, -0.15) is 0 Å². The summed E-state index contributed by atoms with van der Waals surface area (Å²) in [6.07, 6.45) is 2.82. The zero-order valence-electron chi connectivity index (χ0n) is 15.6. The second-order valence-electron chi connectivity index (χ2n) is 5.48. The summed E-state index contributed by atoms with van der Waals surface area (Å²) in [5.74, 6) is 0.0827. The van der Waals surface area contributed by atoms with E-state index >= 15 is 0 Å². The summed E-state index contributed by atoms with van der Waals surface area (Å²) in [7, 11) is -2.22. The Hall–Kier alpha value is -2.80. The number of carbonyl (C=O) groups excluding carboxylic acids is 1. The van der Waals surface area contributed by atoms with Crippen LogP contribution in [0.25, 0.3) is 6.08 Å². The summed E-state index contributed by atoms with van der Waals surface area (Å²) in [5, 5.41) is 0. The van der Waals surface area contributed by atoms with Gasteiger partial charge in [0.05, 0.1) is 20.8 Å². The highest BCUT2D eigenvalue weighted by Crippen LogP contribution is 2.43. The third-order valence-corrected chi connectivity index (χ3v) is 4.01. The number of carbonyl (C=O) groups is 1. The van der Waals surface area contributed by atoms with Crippen molar-refractivity contribution in [3.05, 3.63) is 53.6 Å². The molecule has 2 rings (SSSR count). The first kappa shape index (κ1) is 21.5. The normalized spacial score (nSPS) is 11.3. The fourth-order valence-corrected chi connectivity index (χ4v) is 2.78. The lowest BCUT2D eigenvalue weighted by molar-refractivity contribution is 0.104. The second kappa shape index (κ2) is 9.41. The van der Waals surface area contributed by atoms with Crippen molar-refractivity contribution in [3.8, 4) is 23.0 Å². The zero-order valence-corrected chi connectivity index (χ0v) is 16.5. The molecule has 9 heteroatoms. The van der Waals surface area contributed by atoms with Crippen LogP contribution in [0.5, 0.6) is 23.0 Å². The Kier molecular flexibility index (Phi) is 7.23. The highest BCUT2D eigenvalue weighted by atomic mass is 31.2. The van der Waals surface area contributed by atoms with Crippen LogP contribution in [-0.4, -0.2) is 36.4 Å². The topological polar surface area (TPSA) is 112 Å². The number of phosphoric acid groups is 1. The van der Waals surface area contributed by atoms with Crippen molar-refractivity contribution in [2.75, 3.05) is 20.8 Å². The van der Waals surface area contributed by atoms with E-state index in [-0.39, 0.29) is 22.8 Å². The monoisotopic (exact) mass is 408 g/mol. The lowest BCUT2D eigenvalue weighted by Gasteiger charge is -2.15. The molecule has 0 aliphatic carbocycles. The first-order valence-electron chi connectivity index (χ1n) is 8.23. The van der Waals surface area contributed by atoms with Gasteiger partial charge in [-0.1, -0.05) is 18.2 Å². The largest absolute Gasteiger partial charge is 0.524 e. The average Bonchev–Trinajstić information content (AvgIpc) is 2.65. The van der Waals surface area contributed by atoms with Crippen LogP contribution in [0.2, 0.25) is 0 Å². The van der Waals surface area contributed by atoms with Gasteiger partial charge in [-0.25, -0.2) is 4.57 Å². The molecule has 150 valence electrons. The molecule has 2 N–H and O–H groups in total. The minimum atomic E-state index is -4.91. The average molecular weight is 408 g/mol. The smallest absolute Gasteiger partial charge is 0.496 e. The van der Waals surface area contributed by atoms with E-state index in [1.165, 1.54) is 32.4 Å². The van der Waals surface area contributed by atoms with Gasteiger partial charge in [0.25, 0.3) is 0 Å². The lowest BCUT2D eigenvalue weighted by atomic mass is 10.1. The number of allylic oxidation sites excluding steroid dienone is 1. The molecule has 0 saturated carbocycles. The van der Waals surface area contributed by atoms with Gasteiger partial charge >= 0.3 is 7.82 Å². The minimum Gasteiger partial charge on any atom is -0.496 e. The lowest BCUT2D eigenvalue weighted by Crippen LogP contribution is -2.04. The van der Waals surface area contributed by atoms with Crippen LogP contribution >= 0.6 is 7.82 Å². The van der Waals surface area contributed by atoms with E-state index in [1.54, 1.807) is 30.3 Å². The number of rotatable bonds is 9. The highest BCUT2D eigenvalue weighted by Gasteiger charge is 2.25. The standard InChI is InChI=1S/C19H21O8P/c1-4-26-14-8-5-13(6-9-14)7-10-16(20)19-17(25-3)11-15(24-2)12-18(19)27-28(21,22)23/h5-12H,4H2,1-3H3,(H2,21,22,23). The number of methoxy groups -OCH3 is 2. The fraction of sp³-hybridized carbons (Fsp3) is 0.211. The van der Waals surface area contributed by atoms with Crippen LogP contribution < -0.4 is 18.7 Å². The van der Waals surface area contributed by atoms with E-state index < -0.39 is 13.6 Å². The molecular formula is C19H21O8P. The number of benzene rings is 2. The second-order valence-corrected chi connectivity index (χ2v) is 6.65. The van der Waals surface area contributed by atoms with Crippen molar-refractivity contribution in [1.82, 2.24) is 0 Å². The molecule has 0 saturated heterocycles. The van der Waals surface area contributed by atoms with E-state index in [9.17, 15) is 9.36 Å². The van der Waals surface area contributed by atoms with Gasteiger partial charge in [-0.05, 0) is 30.7 Å². The van der Waals surface area contributed by atoms with E-state index in [4.69, 9.17) is 24.0 Å². The molecule has 0 unspecified atom stereocenters. The molecule has 0 atom stereocenters. The molecule has 2 aromatic carbocycles. The maximum atomic E-state index is 12.7. The van der Waals surface area contributed by atoms with Crippen molar-refractivity contribution in [1.29, 1.82) is 0 Å². The molecule has 0 amide bonds. The maximum absolute atomic E-state index is 12.7. The minimum absolute atomic E-state index is 0.0594. The molecule has 0 spiro atoms. The van der Waals surface area contributed by atoms with Crippen molar-refractivity contribution in [2.24, 2.45) is 0 Å². The van der Waals surface area contributed by atoms with Gasteiger partial charge in [0.15, 0.2) is 5.78 Å². The van der Waals surface area contributed by atoms with Crippen LogP contribution in [0.3, 0.4) is 0 Å². The molecule has 0 bridgehead atoms. The summed E-state index contributed by atoms with van der Waals surface area (Å²) in [5.41, 5.74) is 0.607. The Morgan fingerprint density at radius 3 is 2.21 bits per heavy atom. The predicted molar refractivity (Wildman–Crippen MR) is 103 cm³/mol. The van der Waals surface area contributed by atoms with E-state index in [1.807, 2.05) is 6.92 Å². The van der Waals surface area contributed by atoms with Gasteiger partial charge in [0.1, 0.15) is 28.6 Å². The van der Waals surface area contributed by atoms with Crippen molar-refractivity contribution in [2.45, 2.75) is 6.92 Å². The van der Waals surface area contributed by atoms with Crippen LogP contribution in [0.1, 0.15) is 22.8 Å². The Balaban J connectivity index is 2.38. The molecule has 0 heterocycles. The maximum Gasteiger partial charge on any atom is 0.524 e. The fourth-order valence-electron chi connectivity index (χ4n) is 2.38. The van der Waals surface area contributed by atoms with E-state index in [2.05, 4.69) is 4.52 Å². The van der Waals surface area contributed by atoms with Crippen LogP contribution in [0.15, 0.2) is 42.5 Å². The molecule has 0 aliphatic rings. The van der Waals surface area contributed by atoms with Crippen molar-refractivity contribution in [3.63, 3.8) is 0 Å². The van der Waals surface area contributed by atoms with Crippen LogP contribution in [-0.2, 0) is 4.57 Å². The number of hydrogen-bond donors (Lipinski definition) is 2. The Labute approximate surface area is 162 Å². The third-order valence-electron chi connectivity index (χ3n) is 3.58. The Bertz CT molecular complexity index is 899. The molecule has 0 radical (unpaired) electrons. The summed E-state index contributed by atoms with van der Waals surface area (Å²) in [4.78, 5) is 31.0. The molecule has 28 heavy (non-hydrogen) atoms. The zero-order chi connectivity index (χ0) is 20.7. The summed E-state index contributed by atoms with van der Waals surface area (Å²) in [6.45, 7) is 2.43. The SMILES string of the molecule is CCOc1ccc(C=CC(=O)c2c(OC)cc(OC)cc2OP(=O)(O)O)cc1. The number of ether oxygens (including phenoxy) is 3. The van der Waals surface area contributed by atoms with Gasteiger partial charge in [-0.3, -0.25) is 14.6 Å². The molecule has 0 aliphatic heterocycles. The van der Waals surface area contributed by atoms with Crippen LogP contribution in [0.4, 0.5) is 0 Å². The van der Waals surface area contributed by atoms with Crippen molar-refractivity contribution >= 4 is 19.7 Å². The predicted octanol–water partition coefficient (Wildman–Crippen LogP) is 3.47. The quantitative estimate of drug-likeness (QED) is 0.369. The van der Waals surface area contributed by atoms with Gasteiger partial charge in [0, 0.05) is 12.1 Å². The third kappa shape index (κ3) is 5.85. The first-order valence-corrected chi connectivity index (χ1v) is 9.77. The summed E-state index contributed by atoms with van der Waals surface area (Å²) < 4.78 is 31.5. The summed E-state index contributed by atoms with van der Waals surface area (Å²) >= 11 is 0. The van der Waals surface area contributed by atoms with Crippen molar-refractivity contribution < 1.29 is 37.9 Å². The molecular weight excluding hydrogens is 387 g/mol. The van der Waals surface area contributed by atoms with Gasteiger partial charge < -0.3 is 18.7 Å². The van der Waals surface area contributed by atoms with Crippen LogP contribution in [0, 0.1) is 0 Å². The molecule has 0 aromatic heterocycles. The number of hydrogen-bond acceptors (Lipinski definition) is 6. The Morgan fingerprint density at radius 1 is 1.04 bits per heavy atom. The number of phosphoric ester groups is 1. The molecule has 2 aromatic rings. The van der Waals surface area contributed by atoms with Gasteiger partial charge in [0.2, 0.25) is 0 Å². The highest BCUT2D eigenvalue weighted by molar-refractivity contribution is 7.46. The van der Waals surface area contributed by atoms with E-state index in [0.29, 0.717) is 12.4 Å².